The van der Waals surface area contributed by atoms with Gasteiger partial charge in [0.1, 0.15) is 5.54 Å². The minimum Gasteiger partial charge on any atom is -0.368 e. The Hall–Kier alpha value is -3.10. The van der Waals surface area contributed by atoms with Gasteiger partial charge in [0, 0.05) is 57.8 Å². The highest BCUT2D eigenvalue weighted by molar-refractivity contribution is 6.07. The van der Waals surface area contributed by atoms with Gasteiger partial charge in [-0.05, 0) is 31.4 Å². The van der Waals surface area contributed by atoms with Gasteiger partial charge in [-0.2, -0.15) is 0 Å². The number of benzene rings is 1. The molecular weight excluding hydrogens is 422 g/mol. The Balaban J connectivity index is 1.10. The van der Waals surface area contributed by atoms with E-state index in [0.717, 1.165) is 25.9 Å². The lowest BCUT2D eigenvalue weighted by molar-refractivity contribution is -0.132. The summed E-state index contributed by atoms with van der Waals surface area (Å²) < 4.78 is 0. The first-order chi connectivity index (χ1) is 16.0. The van der Waals surface area contributed by atoms with Crippen LogP contribution in [-0.2, 0) is 14.4 Å². The minimum absolute atomic E-state index is 0.0456. The Morgan fingerprint density at radius 2 is 1.67 bits per heavy atom. The summed E-state index contributed by atoms with van der Waals surface area (Å²) in [5, 5.41) is 5.63. The molecule has 2 N–H and O–H groups in total. The van der Waals surface area contributed by atoms with E-state index in [1.54, 1.807) is 0 Å². The fourth-order valence-corrected chi connectivity index (χ4v) is 5.00. The highest BCUT2D eigenvalue weighted by Gasteiger charge is 2.52. The van der Waals surface area contributed by atoms with Gasteiger partial charge < -0.3 is 20.4 Å². The predicted molar refractivity (Wildman–Crippen MR) is 124 cm³/mol. The first-order valence-electron chi connectivity index (χ1n) is 12.0. The number of hydrogen-bond acceptors (Lipinski definition) is 5. The summed E-state index contributed by atoms with van der Waals surface area (Å²) >= 11 is 0. The third-order valence-corrected chi connectivity index (χ3v) is 6.90. The number of nitrogens with zero attached hydrogens (tertiary/aromatic N) is 3. The number of carbonyl (C=O) groups is 4. The maximum absolute atomic E-state index is 12.6. The maximum Gasteiger partial charge on any atom is 0.325 e. The molecule has 0 aromatic heterocycles. The number of para-hydroxylation sites is 1. The molecule has 1 saturated carbocycles. The predicted octanol–water partition coefficient (Wildman–Crippen LogP) is 1.49. The molecule has 9 nitrogen and oxygen atoms in total. The Labute approximate surface area is 194 Å². The van der Waals surface area contributed by atoms with Crippen LogP contribution in [0.25, 0.3) is 0 Å². The lowest BCUT2D eigenvalue weighted by Gasteiger charge is -2.36. The molecule has 0 radical (unpaired) electrons. The van der Waals surface area contributed by atoms with E-state index in [4.69, 9.17) is 0 Å². The number of anilines is 1. The van der Waals surface area contributed by atoms with Crippen LogP contribution in [0.4, 0.5) is 10.5 Å². The summed E-state index contributed by atoms with van der Waals surface area (Å²) in [6.45, 7) is 3.48. The first-order valence-corrected chi connectivity index (χ1v) is 12.0. The number of hydrogen-bond donors (Lipinski definition) is 2. The number of amides is 5. The third kappa shape index (κ3) is 5.29. The lowest BCUT2D eigenvalue weighted by atomic mass is 9.98. The summed E-state index contributed by atoms with van der Waals surface area (Å²) in [4.78, 5) is 54.8. The second-order valence-corrected chi connectivity index (χ2v) is 9.08. The van der Waals surface area contributed by atoms with Crippen LogP contribution in [-0.4, -0.2) is 78.4 Å². The molecule has 5 amide bonds. The average molecular weight is 456 g/mol. The van der Waals surface area contributed by atoms with Gasteiger partial charge in [0.25, 0.3) is 5.91 Å². The van der Waals surface area contributed by atoms with Crippen LogP contribution < -0.4 is 15.5 Å². The van der Waals surface area contributed by atoms with Crippen molar-refractivity contribution in [2.45, 2.75) is 50.5 Å². The highest BCUT2D eigenvalue weighted by Crippen LogP contribution is 2.35. The van der Waals surface area contributed by atoms with Gasteiger partial charge in [0.15, 0.2) is 0 Å². The van der Waals surface area contributed by atoms with Crippen molar-refractivity contribution in [1.82, 2.24) is 20.4 Å². The molecule has 2 heterocycles. The summed E-state index contributed by atoms with van der Waals surface area (Å²) in [5.41, 5.74) is 0.468. The van der Waals surface area contributed by atoms with Gasteiger partial charge in [0.2, 0.25) is 11.8 Å². The monoisotopic (exact) mass is 455 g/mol. The van der Waals surface area contributed by atoms with Crippen molar-refractivity contribution < 1.29 is 19.2 Å². The van der Waals surface area contributed by atoms with Crippen molar-refractivity contribution in [2.24, 2.45) is 0 Å². The molecule has 3 fully saturated rings. The Morgan fingerprint density at radius 3 is 2.36 bits per heavy atom. The zero-order valence-corrected chi connectivity index (χ0v) is 19.1. The molecule has 2 aliphatic heterocycles. The van der Waals surface area contributed by atoms with E-state index >= 15 is 0 Å². The van der Waals surface area contributed by atoms with Crippen molar-refractivity contribution in [3.05, 3.63) is 30.3 Å². The van der Waals surface area contributed by atoms with Crippen LogP contribution in [0.15, 0.2) is 30.3 Å². The van der Waals surface area contributed by atoms with Crippen molar-refractivity contribution in [2.75, 3.05) is 44.2 Å². The lowest BCUT2D eigenvalue weighted by Crippen LogP contribution is -2.49. The van der Waals surface area contributed by atoms with Gasteiger partial charge in [-0.3, -0.25) is 19.3 Å². The van der Waals surface area contributed by atoms with Crippen molar-refractivity contribution in [3.8, 4) is 0 Å². The van der Waals surface area contributed by atoms with Crippen LogP contribution in [0, 0.1) is 0 Å². The van der Waals surface area contributed by atoms with Crippen molar-refractivity contribution >= 4 is 29.4 Å². The molecule has 4 rings (SSSR count). The smallest absolute Gasteiger partial charge is 0.325 e. The van der Waals surface area contributed by atoms with Crippen molar-refractivity contribution in [3.63, 3.8) is 0 Å². The Morgan fingerprint density at radius 1 is 0.970 bits per heavy atom. The maximum atomic E-state index is 12.6. The zero-order valence-electron chi connectivity index (χ0n) is 19.1. The number of rotatable bonds is 8. The molecule has 0 atom stereocenters. The molecule has 178 valence electrons. The summed E-state index contributed by atoms with van der Waals surface area (Å²) in [7, 11) is 0. The number of imide groups is 1. The van der Waals surface area contributed by atoms with Crippen LogP contribution in [0.1, 0.15) is 44.9 Å². The van der Waals surface area contributed by atoms with Gasteiger partial charge in [0.05, 0.1) is 0 Å². The topological polar surface area (TPSA) is 102 Å². The quantitative estimate of drug-likeness (QED) is 0.579. The molecule has 0 unspecified atom stereocenters. The van der Waals surface area contributed by atoms with Crippen LogP contribution >= 0.6 is 0 Å². The molecule has 33 heavy (non-hydrogen) atoms. The van der Waals surface area contributed by atoms with Crippen LogP contribution in [0.2, 0.25) is 0 Å². The number of carbonyl (C=O) groups excluding carboxylic acids is 4. The summed E-state index contributed by atoms with van der Waals surface area (Å²) in [5.74, 6) is -0.271. The standard InChI is InChI=1S/C24H33N5O4/c30-20(9-6-14-29-22(32)24(26-23(29)33)11-4-5-12-24)25-13-10-21(31)28-17-15-27(16-18-28)19-7-2-1-3-8-19/h1-3,7-8H,4-6,9-18H2,(H,25,30)(H,26,33). The van der Waals surface area contributed by atoms with Gasteiger partial charge in [-0.25, -0.2) is 4.79 Å². The second-order valence-electron chi connectivity index (χ2n) is 9.08. The van der Waals surface area contributed by atoms with Crippen LogP contribution in [0.5, 0.6) is 0 Å². The number of urea groups is 1. The van der Waals surface area contributed by atoms with E-state index in [0.29, 0.717) is 38.9 Å². The minimum atomic E-state index is -0.702. The zero-order chi connectivity index (χ0) is 23.3. The van der Waals surface area contributed by atoms with Gasteiger partial charge in [-0.1, -0.05) is 31.0 Å². The van der Waals surface area contributed by atoms with E-state index in [2.05, 4.69) is 27.7 Å². The van der Waals surface area contributed by atoms with E-state index < -0.39 is 5.54 Å². The normalized spacial score (nSPS) is 19.8. The van der Waals surface area contributed by atoms with E-state index in [-0.39, 0.29) is 43.1 Å². The van der Waals surface area contributed by atoms with Crippen molar-refractivity contribution in [1.29, 1.82) is 0 Å². The SMILES string of the molecule is O=C(CCCN1C(=O)NC2(CCCC2)C1=O)NCCC(=O)N1CCN(c2ccccc2)CC1. The molecule has 9 heteroatoms. The summed E-state index contributed by atoms with van der Waals surface area (Å²) in [6.07, 6.45) is 4.19. The molecule has 1 aromatic rings. The van der Waals surface area contributed by atoms with E-state index in [1.165, 1.54) is 10.6 Å². The fraction of sp³-hybridized carbons (Fsp3) is 0.583. The number of nitrogens with one attached hydrogen (secondary N) is 2. The molecule has 1 aromatic carbocycles. The molecule has 0 bridgehead atoms. The molecule has 2 saturated heterocycles. The fourth-order valence-electron chi connectivity index (χ4n) is 5.00. The Kier molecular flexibility index (Phi) is 7.15. The molecule has 1 aliphatic carbocycles. The largest absolute Gasteiger partial charge is 0.368 e. The average Bonchev–Trinajstić information content (AvgIpc) is 3.39. The first kappa shape index (κ1) is 23.1. The Bertz CT molecular complexity index is 876. The molecule has 3 aliphatic rings. The van der Waals surface area contributed by atoms with Crippen LogP contribution in [0.3, 0.4) is 0 Å². The van der Waals surface area contributed by atoms with E-state index in [1.807, 2.05) is 23.1 Å². The highest BCUT2D eigenvalue weighted by atomic mass is 16.2. The van der Waals surface area contributed by atoms with E-state index in [9.17, 15) is 19.2 Å². The molecule has 1 spiro atoms. The van der Waals surface area contributed by atoms with Gasteiger partial charge >= 0.3 is 6.03 Å². The van der Waals surface area contributed by atoms with Gasteiger partial charge in [-0.15, -0.1) is 0 Å². The second kappa shape index (κ2) is 10.2. The third-order valence-electron chi connectivity index (χ3n) is 6.90. The number of piperazine rings is 1. The summed E-state index contributed by atoms with van der Waals surface area (Å²) in [6, 6.07) is 9.82. The molecular formula is C24H33N5O4.